The van der Waals surface area contributed by atoms with Gasteiger partial charge in [-0.15, -0.1) is 0 Å². The lowest BCUT2D eigenvalue weighted by molar-refractivity contribution is -0.113. The second kappa shape index (κ2) is 11.4. The van der Waals surface area contributed by atoms with Crippen LogP contribution >= 0.6 is 11.3 Å². The molecule has 0 aliphatic carbocycles. The van der Waals surface area contributed by atoms with E-state index in [2.05, 4.69) is 31.3 Å². The van der Waals surface area contributed by atoms with Crippen molar-refractivity contribution >= 4 is 29.0 Å². The zero-order valence-corrected chi connectivity index (χ0v) is 23.9. The lowest BCUT2D eigenvalue weighted by Crippen LogP contribution is -2.40. The van der Waals surface area contributed by atoms with Gasteiger partial charge >= 0.3 is 0 Å². The molecule has 8 heteroatoms. The lowest BCUT2D eigenvalue weighted by Gasteiger charge is -2.26. The predicted molar refractivity (Wildman–Crippen MR) is 159 cm³/mol. The van der Waals surface area contributed by atoms with Crippen molar-refractivity contribution in [1.29, 1.82) is 0 Å². The molecule has 1 aliphatic rings. The number of nitrogens with one attached hydrogen (secondary N) is 1. The Morgan fingerprint density at radius 2 is 1.75 bits per heavy atom. The molecule has 0 radical (unpaired) electrons. The van der Waals surface area contributed by atoms with Gasteiger partial charge in [-0.25, -0.2) is 4.99 Å². The molecule has 1 atom stereocenters. The molecule has 1 amide bonds. The summed E-state index contributed by atoms with van der Waals surface area (Å²) in [5, 5.41) is 2.97. The number of carbonyl (C=O) groups excluding carboxylic acids is 1. The maximum atomic E-state index is 14.0. The van der Waals surface area contributed by atoms with E-state index in [0.717, 1.165) is 5.56 Å². The summed E-state index contributed by atoms with van der Waals surface area (Å²) in [6, 6.07) is 22.0. The molecule has 0 unspecified atom stereocenters. The Bertz CT molecular complexity index is 1770. The van der Waals surface area contributed by atoms with Crippen LogP contribution in [0.3, 0.4) is 0 Å². The first-order valence-corrected chi connectivity index (χ1v) is 13.8. The quantitative estimate of drug-likeness (QED) is 0.349. The van der Waals surface area contributed by atoms with E-state index < -0.39 is 6.04 Å². The van der Waals surface area contributed by atoms with E-state index in [1.54, 1.807) is 37.8 Å². The number of nitrogens with zero attached hydrogens (tertiary/aromatic N) is 2. The number of carbonyl (C=O) groups is 1. The van der Waals surface area contributed by atoms with Crippen LogP contribution in [0.15, 0.2) is 93.9 Å². The van der Waals surface area contributed by atoms with Crippen LogP contribution in [0.5, 0.6) is 11.5 Å². The average molecular weight is 554 g/mol. The van der Waals surface area contributed by atoms with Crippen molar-refractivity contribution in [2.24, 2.45) is 4.99 Å². The molecule has 7 nitrogen and oxygen atoms in total. The minimum absolute atomic E-state index is 0.225. The summed E-state index contributed by atoms with van der Waals surface area (Å²) in [5.41, 5.74) is 4.14. The highest BCUT2D eigenvalue weighted by atomic mass is 32.1. The third-order valence-electron chi connectivity index (χ3n) is 6.93. The fourth-order valence-corrected chi connectivity index (χ4v) is 5.85. The molecule has 1 aliphatic heterocycles. The maximum Gasteiger partial charge on any atom is 0.271 e. The van der Waals surface area contributed by atoms with Crippen molar-refractivity contribution in [3.8, 4) is 11.5 Å². The number of hydrogen-bond donors (Lipinski definition) is 1. The molecule has 0 fully saturated rings. The summed E-state index contributed by atoms with van der Waals surface area (Å²) in [5.74, 6) is 1.19. The van der Waals surface area contributed by atoms with Crippen molar-refractivity contribution in [3.63, 3.8) is 0 Å². The topological polar surface area (TPSA) is 81.9 Å². The molecule has 4 aromatic rings. The number of aromatic nitrogens is 1. The Morgan fingerprint density at radius 1 is 1.02 bits per heavy atom. The first-order valence-electron chi connectivity index (χ1n) is 13.0. The molecule has 2 heterocycles. The van der Waals surface area contributed by atoms with Gasteiger partial charge in [0.15, 0.2) is 4.80 Å². The molecule has 0 bridgehead atoms. The molecule has 0 spiro atoms. The number of methoxy groups -OCH3 is 2. The minimum atomic E-state index is -0.758. The lowest BCUT2D eigenvalue weighted by atomic mass is 9.94. The van der Waals surface area contributed by atoms with Gasteiger partial charge in [-0.2, -0.15) is 0 Å². The SMILES string of the molecule is COc1ccc([C@H]2C(C(=O)Nc3ccccc3)=C(C)N=c3s/c(=C\c4ccc(C(C)C)cc4)c(=O)n32)c(OC)c1. The molecule has 3 aromatic carbocycles. The van der Waals surface area contributed by atoms with Crippen molar-refractivity contribution in [3.05, 3.63) is 120 Å². The molecule has 5 rings (SSSR count). The van der Waals surface area contributed by atoms with Crippen LogP contribution < -0.4 is 29.7 Å². The van der Waals surface area contributed by atoms with Crippen molar-refractivity contribution in [2.45, 2.75) is 32.7 Å². The van der Waals surface area contributed by atoms with Crippen molar-refractivity contribution < 1.29 is 14.3 Å². The van der Waals surface area contributed by atoms with Gasteiger partial charge in [-0.3, -0.25) is 14.2 Å². The number of allylic oxidation sites excluding steroid dienone is 1. The highest BCUT2D eigenvalue weighted by molar-refractivity contribution is 7.07. The number of ether oxygens (including phenoxy) is 2. The maximum absolute atomic E-state index is 14.0. The molecular weight excluding hydrogens is 522 g/mol. The van der Waals surface area contributed by atoms with Crippen LogP contribution in [0.4, 0.5) is 5.69 Å². The molecule has 1 N–H and O–H groups in total. The summed E-state index contributed by atoms with van der Waals surface area (Å²) in [4.78, 5) is 33.0. The van der Waals surface area contributed by atoms with Crippen LogP contribution in [0.2, 0.25) is 0 Å². The largest absolute Gasteiger partial charge is 0.497 e. The Balaban J connectivity index is 1.69. The van der Waals surface area contributed by atoms with Crippen LogP contribution in [-0.2, 0) is 4.79 Å². The number of anilines is 1. The Hall–Kier alpha value is -4.43. The standard InChI is InChI=1S/C32H31N3O4S/c1-19(2)22-13-11-21(12-14-22)17-27-31(37)35-29(25-16-15-24(38-4)18-26(25)39-5)28(20(3)33-32(35)40-27)30(36)34-23-9-7-6-8-10-23/h6-19,29H,1-5H3,(H,34,36)/b27-17-/t29-/m0/s1. The first-order chi connectivity index (χ1) is 19.3. The molecule has 40 heavy (non-hydrogen) atoms. The minimum Gasteiger partial charge on any atom is -0.497 e. The number of amides is 1. The van der Waals surface area contributed by atoms with E-state index >= 15 is 0 Å². The second-order valence-corrected chi connectivity index (χ2v) is 10.8. The smallest absolute Gasteiger partial charge is 0.271 e. The Labute approximate surface area is 236 Å². The van der Waals surface area contributed by atoms with Crippen LogP contribution in [0, 0.1) is 0 Å². The van der Waals surface area contributed by atoms with E-state index in [4.69, 9.17) is 14.5 Å². The number of para-hydroxylation sites is 1. The Morgan fingerprint density at radius 3 is 2.40 bits per heavy atom. The average Bonchev–Trinajstić information content (AvgIpc) is 3.26. The van der Waals surface area contributed by atoms with E-state index in [1.165, 1.54) is 16.9 Å². The van der Waals surface area contributed by atoms with Gasteiger partial charge in [0, 0.05) is 17.3 Å². The molecular formula is C32H31N3O4S. The highest BCUT2D eigenvalue weighted by Crippen LogP contribution is 2.37. The number of fused-ring (bicyclic) bond motifs is 1. The summed E-state index contributed by atoms with van der Waals surface area (Å²) >= 11 is 1.31. The van der Waals surface area contributed by atoms with Gasteiger partial charge in [0.05, 0.1) is 30.0 Å². The number of thiazole rings is 1. The summed E-state index contributed by atoms with van der Waals surface area (Å²) in [7, 11) is 3.14. The zero-order chi connectivity index (χ0) is 28.4. The summed E-state index contributed by atoms with van der Waals surface area (Å²) < 4.78 is 13.3. The third kappa shape index (κ3) is 5.22. The van der Waals surface area contributed by atoms with Gasteiger partial charge in [0.2, 0.25) is 0 Å². The van der Waals surface area contributed by atoms with Crippen LogP contribution in [0.25, 0.3) is 6.08 Å². The van der Waals surface area contributed by atoms with Gasteiger partial charge in [0.1, 0.15) is 17.5 Å². The van der Waals surface area contributed by atoms with E-state index in [9.17, 15) is 9.59 Å². The molecule has 0 saturated carbocycles. The second-order valence-electron chi connectivity index (χ2n) is 9.83. The van der Waals surface area contributed by atoms with E-state index in [-0.39, 0.29) is 11.5 Å². The fraction of sp³-hybridized carbons (Fsp3) is 0.219. The van der Waals surface area contributed by atoms with E-state index in [1.807, 2.05) is 54.6 Å². The van der Waals surface area contributed by atoms with Gasteiger partial charge in [-0.1, -0.05) is 67.6 Å². The van der Waals surface area contributed by atoms with Gasteiger partial charge in [-0.05, 0) is 54.3 Å². The van der Waals surface area contributed by atoms with Gasteiger partial charge in [0.25, 0.3) is 11.5 Å². The molecule has 1 aromatic heterocycles. The van der Waals surface area contributed by atoms with Crippen molar-refractivity contribution in [1.82, 2.24) is 4.57 Å². The monoisotopic (exact) mass is 553 g/mol. The summed E-state index contributed by atoms with van der Waals surface area (Å²) in [6.45, 7) is 6.09. The Kier molecular flexibility index (Phi) is 7.71. The first kappa shape index (κ1) is 27.1. The fourth-order valence-electron chi connectivity index (χ4n) is 4.80. The molecule has 204 valence electrons. The van der Waals surface area contributed by atoms with Crippen LogP contribution in [-0.4, -0.2) is 24.7 Å². The molecule has 0 saturated heterocycles. The highest BCUT2D eigenvalue weighted by Gasteiger charge is 2.34. The number of benzene rings is 3. The normalized spacial score (nSPS) is 15.1. The van der Waals surface area contributed by atoms with Crippen LogP contribution in [0.1, 0.15) is 49.4 Å². The zero-order valence-electron chi connectivity index (χ0n) is 23.1. The van der Waals surface area contributed by atoms with E-state index in [0.29, 0.717) is 49.3 Å². The number of hydrogen-bond acceptors (Lipinski definition) is 6. The summed E-state index contributed by atoms with van der Waals surface area (Å²) in [6.07, 6.45) is 1.87. The van der Waals surface area contributed by atoms with Gasteiger partial charge < -0.3 is 14.8 Å². The number of rotatable bonds is 7. The van der Waals surface area contributed by atoms with Crippen molar-refractivity contribution in [2.75, 3.05) is 19.5 Å². The predicted octanol–water partition coefficient (Wildman–Crippen LogP) is 5.01. The third-order valence-corrected chi connectivity index (χ3v) is 7.92.